The fourth-order valence-electron chi connectivity index (χ4n) is 3.62. The maximum atomic E-state index is 13.3. The summed E-state index contributed by atoms with van der Waals surface area (Å²) in [6.07, 6.45) is 6.61. The van der Waals surface area contributed by atoms with E-state index >= 15 is 0 Å². The van der Waals surface area contributed by atoms with E-state index in [1.54, 1.807) is 43.0 Å². The van der Waals surface area contributed by atoms with Crippen LogP contribution in [-0.4, -0.2) is 45.6 Å². The number of benzene rings is 1. The Morgan fingerprint density at radius 1 is 1.14 bits per heavy atom. The summed E-state index contributed by atoms with van der Waals surface area (Å²) in [5.41, 5.74) is 1.06. The van der Waals surface area contributed by atoms with Gasteiger partial charge in [-0.25, -0.2) is 8.42 Å². The maximum absolute atomic E-state index is 13.3. The van der Waals surface area contributed by atoms with E-state index in [0.717, 1.165) is 12.0 Å². The van der Waals surface area contributed by atoms with Gasteiger partial charge < -0.3 is 9.30 Å². The monoisotopic (exact) mass is 413 g/mol. The van der Waals surface area contributed by atoms with E-state index in [0.29, 0.717) is 37.7 Å². The highest BCUT2D eigenvalue weighted by Crippen LogP contribution is 2.36. The standard InChI is InChI=1S/C20H23N5O3S/c1-2-28-17-5-7-18(8-6-17)29(26,27)25-13-3-4-19(25)20-23-22-15-24(20)14-16-9-11-21-12-10-16/h5-12,15,19H,2-4,13-14H2,1H3. The van der Waals surface area contributed by atoms with Gasteiger partial charge in [-0.2, -0.15) is 4.31 Å². The van der Waals surface area contributed by atoms with E-state index < -0.39 is 10.0 Å². The fraction of sp³-hybridized carbons (Fsp3) is 0.350. The SMILES string of the molecule is CCOc1ccc(S(=O)(=O)N2CCCC2c2nncn2Cc2ccncc2)cc1. The van der Waals surface area contributed by atoms with Crippen LogP contribution in [0.1, 0.15) is 37.2 Å². The predicted molar refractivity (Wildman–Crippen MR) is 107 cm³/mol. The molecule has 0 aliphatic carbocycles. The van der Waals surface area contributed by atoms with E-state index in [2.05, 4.69) is 15.2 Å². The van der Waals surface area contributed by atoms with Crippen molar-refractivity contribution in [3.8, 4) is 5.75 Å². The summed E-state index contributed by atoms with van der Waals surface area (Å²) in [5, 5.41) is 8.30. The molecule has 1 saturated heterocycles. The molecule has 1 atom stereocenters. The van der Waals surface area contributed by atoms with Gasteiger partial charge in [0.2, 0.25) is 10.0 Å². The van der Waals surface area contributed by atoms with Crippen molar-refractivity contribution in [2.45, 2.75) is 37.2 Å². The Morgan fingerprint density at radius 3 is 2.62 bits per heavy atom. The van der Waals surface area contributed by atoms with Crippen molar-refractivity contribution < 1.29 is 13.2 Å². The van der Waals surface area contributed by atoms with E-state index in [4.69, 9.17) is 4.74 Å². The van der Waals surface area contributed by atoms with E-state index in [1.807, 2.05) is 23.6 Å². The molecular formula is C20H23N5O3S. The second-order valence-corrected chi connectivity index (χ2v) is 8.74. The van der Waals surface area contributed by atoms with Gasteiger partial charge in [0, 0.05) is 18.9 Å². The van der Waals surface area contributed by atoms with Crippen LogP contribution in [0.15, 0.2) is 60.0 Å². The van der Waals surface area contributed by atoms with Gasteiger partial charge in [0.1, 0.15) is 12.1 Å². The molecule has 29 heavy (non-hydrogen) atoms. The van der Waals surface area contributed by atoms with Crippen LogP contribution in [-0.2, 0) is 16.6 Å². The summed E-state index contributed by atoms with van der Waals surface area (Å²) in [6, 6.07) is 10.1. The number of hydrogen-bond donors (Lipinski definition) is 0. The lowest BCUT2D eigenvalue weighted by atomic mass is 10.2. The first kappa shape index (κ1) is 19.5. The largest absolute Gasteiger partial charge is 0.494 e. The van der Waals surface area contributed by atoms with Crippen molar-refractivity contribution in [3.05, 3.63) is 66.5 Å². The van der Waals surface area contributed by atoms with Gasteiger partial charge in [0.25, 0.3) is 0 Å². The molecule has 0 radical (unpaired) electrons. The molecule has 2 aromatic heterocycles. The molecule has 1 aliphatic rings. The summed E-state index contributed by atoms with van der Waals surface area (Å²) in [4.78, 5) is 4.29. The van der Waals surface area contributed by atoms with E-state index in [-0.39, 0.29) is 10.9 Å². The molecule has 3 aromatic rings. The van der Waals surface area contributed by atoms with E-state index in [9.17, 15) is 8.42 Å². The lowest BCUT2D eigenvalue weighted by Crippen LogP contribution is -2.32. The number of hydrogen-bond acceptors (Lipinski definition) is 6. The average molecular weight is 414 g/mol. The zero-order chi connectivity index (χ0) is 20.3. The van der Waals surface area contributed by atoms with Crippen molar-refractivity contribution >= 4 is 10.0 Å². The van der Waals surface area contributed by atoms with Crippen LogP contribution in [0.5, 0.6) is 5.75 Å². The summed E-state index contributed by atoms with van der Waals surface area (Å²) < 4.78 is 35.5. The van der Waals surface area contributed by atoms with Crippen molar-refractivity contribution in [3.63, 3.8) is 0 Å². The van der Waals surface area contributed by atoms with Gasteiger partial charge in [-0.1, -0.05) is 0 Å². The van der Waals surface area contributed by atoms with Gasteiger partial charge in [0.05, 0.1) is 24.1 Å². The van der Waals surface area contributed by atoms with Crippen LogP contribution < -0.4 is 4.74 Å². The lowest BCUT2D eigenvalue weighted by Gasteiger charge is -2.24. The summed E-state index contributed by atoms with van der Waals surface area (Å²) in [6.45, 7) is 3.45. The van der Waals surface area contributed by atoms with Crippen molar-refractivity contribution in [1.29, 1.82) is 0 Å². The van der Waals surface area contributed by atoms with Crippen molar-refractivity contribution in [2.75, 3.05) is 13.2 Å². The van der Waals surface area contributed by atoms with E-state index in [1.165, 1.54) is 4.31 Å². The molecule has 9 heteroatoms. The van der Waals surface area contributed by atoms with Gasteiger partial charge in [0.15, 0.2) is 5.82 Å². The van der Waals surface area contributed by atoms with Crippen LogP contribution >= 0.6 is 0 Å². The Kier molecular flexibility index (Phi) is 5.59. The minimum atomic E-state index is -3.65. The molecule has 0 bridgehead atoms. The first-order valence-corrected chi connectivity index (χ1v) is 11.0. The molecule has 1 aliphatic heterocycles. The quantitative estimate of drug-likeness (QED) is 0.591. The highest BCUT2D eigenvalue weighted by atomic mass is 32.2. The predicted octanol–water partition coefficient (Wildman–Crippen LogP) is 2.65. The first-order valence-electron chi connectivity index (χ1n) is 9.61. The number of rotatable bonds is 7. The number of nitrogens with zero attached hydrogens (tertiary/aromatic N) is 5. The third-order valence-electron chi connectivity index (χ3n) is 4.99. The van der Waals surface area contributed by atoms with Crippen molar-refractivity contribution in [1.82, 2.24) is 24.1 Å². The molecule has 0 saturated carbocycles. The third-order valence-corrected chi connectivity index (χ3v) is 6.91. The van der Waals surface area contributed by atoms with Crippen molar-refractivity contribution in [2.24, 2.45) is 0 Å². The number of aromatic nitrogens is 4. The molecule has 0 amide bonds. The fourth-order valence-corrected chi connectivity index (χ4v) is 5.28. The highest BCUT2D eigenvalue weighted by Gasteiger charge is 2.38. The molecule has 4 rings (SSSR count). The van der Waals surface area contributed by atoms with Crippen LogP contribution in [0.25, 0.3) is 0 Å². The van der Waals surface area contributed by atoms with Crippen LogP contribution in [0, 0.1) is 0 Å². The Bertz CT molecular complexity index is 1050. The zero-order valence-electron chi connectivity index (χ0n) is 16.2. The maximum Gasteiger partial charge on any atom is 0.243 e. The molecule has 0 spiro atoms. The second-order valence-electron chi connectivity index (χ2n) is 6.85. The molecular weight excluding hydrogens is 390 g/mol. The molecule has 0 N–H and O–H groups in total. The highest BCUT2D eigenvalue weighted by molar-refractivity contribution is 7.89. The third kappa shape index (κ3) is 4.01. The van der Waals surface area contributed by atoms with Crippen LogP contribution in [0.3, 0.4) is 0 Å². The lowest BCUT2D eigenvalue weighted by molar-refractivity contribution is 0.340. The zero-order valence-corrected chi connectivity index (χ0v) is 17.0. The average Bonchev–Trinajstić information content (AvgIpc) is 3.39. The first-order chi connectivity index (χ1) is 14.1. The number of pyridine rings is 1. The number of sulfonamides is 1. The normalized spacial score (nSPS) is 17.5. The summed E-state index contributed by atoms with van der Waals surface area (Å²) in [5.74, 6) is 1.32. The second kappa shape index (κ2) is 8.30. The minimum absolute atomic E-state index is 0.257. The van der Waals surface area contributed by atoms with Gasteiger partial charge >= 0.3 is 0 Å². The Morgan fingerprint density at radius 2 is 1.90 bits per heavy atom. The Labute approximate surface area is 170 Å². The molecule has 3 heterocycles. The smallest absolute Gasteiger partial charge is 0.243 e. The van der Waals surface area contributed by atoms with Crippen LogP contribution in [0.4, 0.5) is 0 Å². The summed E-state index contributed by atoms with van der Waals surface area (Å²) >= 11 is 0. The molecule has 1 unspecified atom stereocenters. The van der Waals surface area contributed by atoms with Gasteiger partial charge in [-0.3, -0.25) is 4.98 Å². The van der Waals surface area contributed by atoms with Gasteiger partial charge in [-0.05, 0) is 61.7 Å². The topological polar surface area (TPSA) is 90.2 Å². The Balaban J connectivity index is 1.60. The minimum Gasteiger partial charge on any atom is -0.494 e. The van der Waals surface area contributed by atoms with Crippen LogP contribution in [0.2, 0.25) is 0 Å². The molecule has 1 fully saturated rings. The molecule has 152 valence electrons. The Hall–Kier alpha value is -2.78. The summed E-state index contributed by atoms with van der Waals surface area (Å²) in [7, 11) is -3.65. The molecule has 8 nitrogen and oxygen atoms in total. The molecule has 1 aromatic carbocycles. The number of ether oxygens (including phenoxy) is 1. The van der Waals surface area contributed by atoms with Gasteiger partial charge in [-0.15, -0.1) is 10.2 Å².